The SMILES string of the molecule is Cc1ccc(S(=O)(=O)n2cc(B(O)O)c3ccccc32)cc1. The van der Waals surface area contributed by atoms with Crippen molar-refractivity contribution in [1.82, 2.24) is 3.97 Å². The molecule has 0 aliphatic heterocycles. The minimum atomic E-state index is -3.80. The predicted octanol–water partition coefficient (Wildman–Crippen LogP) is 0.867. The first kappa shape index (κ1) is 14.8. The number of aryl methyl sites for hydroxylation is 1. The molecule has 7 heteroatoms. The molecule has 0 aliphatic rings. The van der Waals surface area contributed by atoms with Crippen molar-refractivity contribution in [2.75, 3.05) is 0 Å². The minimum Gasteiger partial charge on any atom is -0.423 e. The molecule has 0 bridgehead atoms. The first-order valence-electron chi connectivity index (χ1n) is 6.69. The topological polar surface area (TPSA) is 79.5 Å². The van der Waals surface area contributed by atoms with Crippen molar-refractivity contribution in [3.8, 4) is 0 Å². The smallest absolute Gasteiger partial charge is 0.423 e. The van der Waals surface area contributed by atoms with Gasteiger partial charge in [0.2, 0.25) is 0 Å². The average molecular weight is 315 g/mol. The fourth-order valence-electron chi connectivity index (χ4n) is 2.40. The quantitative estimate of drug-likeness (QED) is 0.703. The summed E-state index contributed by atoms with van der Waals surface area (Å²) in [5.74, 6) is 0. The van der Waals surface area contributed by atoms with Gasteiger partial charge in [-0.1, -0.05) is 35.9 Å². The molecule has 0 spiro atoms. The van der Waals surface area contributed by atoms with Gasteiger partial charge in [0.1, 0.15) is 0 Å². The van der Waals surface area contributed by atoms with E-state index in [1.54, 1.807) is 36.4 Å². The van der Waals surface area contributed by atoms with E-state index in [1.807, 2.05) is 6.92 Å². The minimum absolute atomic E-state index is 0.151. The summed E-state index contributed by atoms with van der Waals surface area (Å²) in [6.07, 6.45) is 1.25. The van der Waals surface area contributed by atoms with Gasteiger partial charge < -0.3 is 10.0 Å². The standard InChI is InChI=1S/C15H14BNO4S/c1-11-6-8-12(9-7-11)22(20,21)17-10-14(16(18)19)13-4-2-3-5-15(13)17/h2-10,18-19H,1H3. The molecule has 0 unspecified atom stereocenters. The summed E-state index contributed by atoms with van der Waals surface area (Å²) in [6, 6.07) is 13.2. The lowest BCUT2D eigenvalue weighted by atomic mass is 9.80. The second-order valence-electron chi connectivity index (χ2n) is 5.09. The van der Waals surface area contributed by atoms with E-state index in [4.69, 9.17) is 0 Å². The van der Waals surface area contributed by atoms with E-state index < -0.39 is 17.1 Å². The fourth-order valence-corrected chi connectivity index (χ4v) is 3.78. The molecule has 0 aliphatic carbocycles. The lowest BCUT2D eigenvalue weighted by molar-refractivity contribution is 0.426. The zero-order valence-electron chi connectivity index (χ0n) is 11.8. The molecule has 22 heavy (non-hydrogen) atoms. The van der Waals surface area contributed by atoms with E-state index in [0.29, 0.717) is 10.9 Å². The summed E-state index contributed by atoms with van der Waals surface area (Å²) in [5.41, 5.74) is 1.53. The third-order valence-corrected chi connectivity index (χ3v) is 5.25. The number of para-hydroxylation sites is 1. The van der Waals surface area contributed by atoms with Gasteiger partial charge in [-0.2, -0.15) is 0 Å². The van der Waals surface area contributed by atoms with Crippen LogP contribution in [0.1, 0.15) is 5.56 Å². The third kappa shape index (κ3) is 2.33. The molecule has 0 amide bonds. The van der Waals surface area contributed by atoms with Crippen LogP contribution in [0.5, 0.6) is 0 Å². The maximum Gasteiger partial charge on any atom is 0.490 e. The number of benzene rings is 2. The van der Waals surface area contributed by atoms with Crippen molar-refractivity contribution in [2.45, 2.75) is 11.8 Å². The van der Waals surface area contributed by atoms with Gasteiger partial charge in [-0.05, 0) is 25.1 Å². The Labute approximate surface area is 128 Å². The normalized spacial score (nSPS) is 11.8. The number of hydrogen-bond acceptors (Lipinski definition) is 4. The Bertz CT molecular complexity index is 930. The summed E-state index contributed by atoms with van der Waals surface area (Å²) in [6.45, 7) is 1.88. The second-order valence-corrected chi connectivity index (χ2v) is 6.90. The molecule has 2 aromatic carbocycles. The van der Waals surface area contributed by atoms with E-state index in [-0.39, 0.29) is 10.4 Å². The molecular weight excluding hydrogens is 301 g/mol. The van der Waals surface area contributed by atoms with Crippen LogP contribution < -0.4 is 5.46 Å². The van der Waals surface area contributed by atoms with Crippen LogP contribution in [-0.4, -0.2) is 29.6 Å². The summed E-state index contributed by atoms with van der Waals surface area (Å²) in [5, 5.41) is 19.4. The zero-order valence-corrected chi connectivity index (χ0v) is 12.7. The maximum atomic E-state index is 12.8. The zero-order chi connectivity index (χ0) is 15.9. The molecule has 0 atom stereocenters. The van der Waals surface area contributed by atoms with Gasteiger partial charge in [0.15, 0.2) is 0 Å². The summed E-state index contributed by atoms with van der Waals surface area (Å²) in [4.78, 5) is 0.151. The van der Waals surface area contributed by atoms with E-state index in [0.717, 1.165) is 9.54 Å². The Morgan fingerprint density at radius 3 is 2.27 bits per heavy atom. The monoisotopic (exact) mass is 315 g/mol. The van der Waals surface area contributed by atoms with Crippen LogP contribution in [-0.2, 0) is 10.0 Å². The summed E-state index contributed by atoms with van der Waals surface area (Å²) < 4.78 is 26.7. The van der Waals surface area contributed by atoms with E-state index in [1.165, 1.54) is 18.3 Å². The highest BCUT2D eigenvalue weighted by molar-refractivity contribution is 7.90. The Kier molecular flexibility index (Phi) is 3.56. The molecule has 0 saturated heterocycles. The lowest BCUT2D eigenvalue weighted by Crippen LogP contribution is -2.29. The van der Waals surface area contributed by atoms with Crippen LogP contribution in [0.25, 0.3) is 10.9 Å². The van der Waals surface area contributed by atoms with Crippen molar-refractivity contribution in [1.29, 1.82) is 0 Å². The van der Waals surface area contributed by atoms with E-state index in [2.05, 4.69) is 0 Å². The first-order valence-corrected chi connectivity index (χ1v) is 8.13. The van der Waals surface area contributed by atoms with Crippen LogP contribution in [0.4, 0.5) is 0 Å². The number of rotatable bonds is 3. The maximum absolute atomic E-state index is 12.8. The van der Waals surface area contributed by atoms with Gasteiger partial charge in [-0.3, -0.25) is 0 Å². The van der Waals surface area contributed by atoms with Gasteiger partial charge in [0.05, 0.1) is 10.4 Å². The highest BCUT2D eigenvalue weighted by atomic mass is 32.2. The predicted molar refractivity (Wildman–Crippen MR) is 85.5 cm³/mol. The molecule has 3 rings (SSSR count). The Morgan fingerprint density at radius 2 is 1.64 bits per heavy atom. The molecular formula is C15H14BNO4S. The molecule has 0 fully saturated rings. The van der Waals surface area contributed by atoms with E-state index in [9.17, 15) is 18.5 Å². The van der Waals surface area contributed by atoms with Crippen LogP contribution in [0, 0.1) is 6.92 Å². The van der Waals surface area contributed by atoms with Gasteiger partial charge in [0, 0.05) is 17.0 Å². The van der Waals surface area contributed by atoms with Crippen LogP contribution in [0.15, 0.2) is 59.6 Å². The highest BCUT2D eigenvalue weighted by Gasteiger charge is 2.25. The Morgan fingerprint density at radius 1 is 1.00 bits per heavy atom. The molecule has 1 heterocycles. The Balaban J connectivity index is 2.27. The summed E-state index contributed by atoms with van der Waals surface area (Å²) >= 11 is 0. The van der Waals surface area contributed by atoms with Crippen molar-refractivity contribution >= 4 is 33.5 Å². The first-order chi connectivity index (χ1) is 10.4. The van der Waals surface area contributed by atoms with E-state index >= 15 is 0 Å². The van der Waals surface area contributed by atoms with Crippen LogP contribution in [0.3, 0.4) is 0 Å². The molecule has 112 valence electrons. The lowest BCUT2D eigenvalue weighted by Gasteiger charge is -2.07. The number of fused-ring (bicyclic) bond motifs is 1. The Hall–Kier alpha value is -2.09. The van der Waals surface area contributed by atoms with Crippen molar-refractivity contribution in [3.63, 3.8) is 0 Å². The fraction of sp³-hybridized carbons (Fsp3) is 0.0667. The number of nitrogens with zero attached hydrogens (tertiary/aromatic N) is 1. The molecule has 1 aromatic heterocycles. The van der Waals surface area contributed by atoms with Gasteiger partial charge in [-0.15, -0.1) is 0 Å². The van der Waals surface area contributed by atoms with Crippen molar-refractivity contribution < 1.29 is 18.5 Å². The highest BCUT2D eigenvalue weighted by Crippen LogP contribution is 2.21. The van der Waals surface area contributed by atoms with Gasteiger partial charge in [-0.25, -0.2) is 12.4 Å². The average Bonchev–Trinajstić information content (AvgIpc) is 2.88. The third-order valence-electron chi connectivity index (χ3n) is 3.56. The molecule has 0 radical (unpaired) electrons. The number of hydrogen-bond donors (Lipinski definition) is 2. The molecule has 5 nitrogen and oxygen atoms in total. The van der Waals surface area contributed by atoms with Crippen LogP contribution >= 0.6 is 0 Å². The molecule has 0 saturated carbocycles. The summed E-state index contributed by atoms with van der Waals surface area (Å²) in [7, 11) is -5.54. The molecule has 3 aromatic rings. The molecule has 2 N–H and O–H groups in total. The second kappa shape index (κ2) is 5.28. The van der Waals surface area contributed by atoms with Gasteiger partial charge >= 0.3 is 7.12 Å². The van der Waals surface area contributed by atoms with Crippen LogP contribution in [0.2, 0.25) is 0 Å². The van der Waals surface area contributed by atoms with Crippen molar-refractivity contribution in [3.05, 3.63) is 60.3 Å². The van der Waals surface area contributed by atoms with Gasteiger partial charge in [0.25, 0.3) is 10.0 Å². The largest absolute Gasteiger partial charge is 0.490 e. The number of aromatic nitrogens is 1. The van der Waals surface area contributed by atoms with Crippen molar-refractivity contribution in [2.24, 2.45) is 0 Å².